The van der Waals surface area contributed by atoms with Crippen LogP contribution in [0.2, 0.25) is 0 Å². The lowest BCUT2D eigenvalue weighted by Gasteiger charge is -2.08. The lowest BCUT2D eigenvalue weighted by Crippen LogP contribution is -2.02. The number of pyridine rings is 3. The van der Waals surface area contributed by atoms with Gasteiger partial charge in [0.2, 0.25) is 0 Å². The molecule has 3 aromatic carbocycles. The highest BCUT2D eigenvalue weighted by molar-refractivity contribution is 6.10. The average molecular weight is 522 g/mol. The highest BCUT2D eigenvalue weighted by Gasteiger charge is 2.15. The first-order chi connectivity index (χ1) is 19.5. The summed E-state index contributed by atoms with van der Waals surface area (Å²) in [7, 11) is 0. The van der Waals surface area contributed by atoms with Gasteiger partial charge in [-0.2, -0.15) is 0 Å². The Morgan fingerprint density at radius 1 is 0.575 bits per heavy atom. The maximum absolute atomic E-state index is 11.9. The highest BCUT2D eigenvalue weighted by atomic mass is 16.4. The molecule has 40 heavy (non-hydrogen) atoms. The minimum absolute atomic E-state index is 0.0192. The number of nitrogens with zero attached hydrogens (tertiary/aromatic N) is 3. The van der Waals surface area contributed by atoms with E-state index in [1.165, 1.54) is 35.8 Å². The lowest BCUT2D eigenvalue weighted by atomic mass is 9.97. The van der Waals surface area contributed by atoms with Crippen LogP contribution >= 0.6 is 0 Å². The van der Waals surface area contributed by atoms with Crippen molar-refractivity contribution in [3.63, 3.8) is 0 Å². The van der Waals surface area contributed by atoms with E-state index in [1.54, 1.807) is 18.3 Å². The van der Waals surface area contributed by atoms with Crippen molar-refractivity contribution in [2.24, 2.45) is 0 Å². The van der Waals surface area contributed by atoms with Crippen LogP contribution < -0.4 is 0 Å². The van der Waals surface area contributed by atoms with Crippen LogP contribution in [0.3, 0.4) is 0 Å². The fourth-order valence-electron chi connectivity index (χ4n) is 4.57. The van der Waals surface area contributed by atoms with Crippen LogP contribution in [-0.4, -0.2) is 37.1 Å². The molecule has 7 nitrogen and oxygen atoms in total. The van der Waals surface area contributed by atoms with Crippen molar-refractivity contribution in [2.75, 3.05) is 0 Å². The molecule has 190 valence electrons. The number of aromatic nitrogens is 3. The van der Waals surface area contributed by atoms with Gasteiger partial charge in [-0.05, 0) is 64.0 Å². The minimum atomic E-state index is -1.15. The third-order valence-electron chi connectivity index (χ3n) is 6.47. The number of rotatable bonds is 4. The minimum Gasteiger partial charge on any atom is -0.478 e. The number of aromatic carboxylic acids is 2. The Morgan fingerprint density at radius 3 is 1.90 bits per heavy atom. The van der Waals surface area contributed by atoms with Crippen LogP contribution in [0.5, 0.6) is 0 Å². The number of hydrogen-bond donors (Lipinski definition) is 2. The summed E-state index contributed by atoms with van der Waals surface area (Å²) in [6, 6.07) is 27.4. The Kier molecular flexibility index (Phi) is 6.19. The fraction of sp³-hybridized carbons (Fsp3) is 0. The first-order valence-corrected chi connectivity index (χ1v) is 12.3. The summed E-state index contributed by atoms with van der Waals surface area (Å²) in [6.07, 6.45) is 2.94. The molecule has 6 rings (SSSR count). The Balaban J connectivity index is 1.43. The predicted octanol–water partition coefficient (Wildman–Crippen LogP) is 6.31. The van der Waals surface area contributed by atoms with E-state index in [-0.39, 0.29) is 22.5 Å². The summed E-state index contributed by atoms with van der Waals surface area (Å²) in [5.41, 5.74) is 2.75. The first-order valence-electron chi connectivity index (χ1n) is 12.3. The van der Waals surface area contributed by atoms with Gasteiger partial charge in [0.05, 0.1) is 33.9 Å². The molecule has 3 aromatic heterocycles. The van der Waals surface area contributed by atoms with E-state index in [2.05, 4.69) is 57.1 Å². The van der Waals surface area contributed by atoms with Crippen molar-refractivity contribution in [2.45, 2.75) is 0 Å². The van der Waals surface area contributed by atoms with E-state index in [1.807, 2.05) is 24.3 Å². The lowest BCUT2D eigenvalue weighted by molar-refractivity contribution is 0.0686. The van der Waals surface area contributed by atoms with Gasteiger partial charge in [-0.25, -0.2) is 14.6 Å². The Labute approximate surface area is 228 Å². The largest absolute Gasteiger partial charge is 0.478 e. The van der Waals surface area contributed by atoms with Gasteiger partial charge >= 0.3 is 11.9 Å². The molecular formula is C33H19N3O4. The Hall–Kier alpha value is -5.87. The molecule has 6 aromatic rings. The van der Waals surface area contributed by atoms with Crippen molar-refractivity contribution in [3.05, 3.63) is 126 Å². The van der Waals surface area contributed by atoms with Gasteiger partial charge < -0.3 is 10.2 Å². The molecule has 0 radical (unpaired) electrons. The molecule has 0 unspecified atom stereocenters. The van der Waals surface area contributed by atoms with Gasteiger partial charge in [0.25, 0.3) is 0 Å². The second kappa shape index (κ2) is 10.1. The summed E-state index contributed by atoms with van der Waals surface area (Å²) >= 11 is 0. The van der Waals surface area contributed by atoms with Crippen molar-refractivity contribution in [1.29, 1.82) is 0 Å². The third kappa shape index (κ3) is 4.73. The molecule has 3 heterocycles. The zero-order chi connectivity index (χ0) is 27.6. The quantitative estimate of drug-likeness (QED) is 0.206. The van der Waals surface area contributed by atoms with Crippen molar-refractivity contribution in [1.82, 2.24) is 15.0 Å². The molecule has 0 fully saturated rings. The zero-order valence-electron chi connectivity index (χ0n) is 20.9. The number of benzene rings is 3. The smallest absolute Gasteiger partial charge is 0.335 e. The van der Waals surface area contributed by atoms with Crippen LogP contribution in [-0.2, 0) is 0 Å². The number of carboxylic acids is 2. The molecule has 0 bridgehead atoms. The Bertz CT molecular complexity index is 2040. The molecule has 0 saturated heterocycles. The van der Waals surface area contributed by atoms with E-state index in [9.17, 15) is 19.8 Å². The summed E-state index contributed by atoms with van der Waals surface area (Å²) in [4.78, 5) is 36.5. The summed E-state index contributed by atoms with van der Waals surface area (Å²) < 4.78 is 0. The second-order valence-corrected chi connectivity index (χ2v) is 9.04. The molecule has 0 saturated carbocycles. The molecular weight excluding hydrogens is 502 g/mol. The van der Waals surface area contributed by atoms with Gasteiger partial charge in [0, 0.05) is 23.5 Å². The molecule has 0 aliphatic rings. The number of carbonyl (C=O) groups is 2. The third-order valence-corrected chi connectivity index (χ3v) is 6.47. The maximum Gasteiger partial charge on any atom is 0.335 e. The van der Waals surface area contributed by atoms with E-state index in [0.29, 0.717) is 17.0 Å². The highest BCUT2D eigenvalue weighted by Crippen LogP contribution is 2.28. The summed E-state index contributed by atoms with van der Waals surface area (Å²) in [5.74, 6) is 4.25. The topological polar surface area (TPSA) is 113 Å². The van der Waals surface area contributed by atoms with E-state index in [0.717, 1.165) is 21.7 Å². The Morgan fingerprint density at radius 2 is 1.18 bits per heavy atom. The summed E-state index contributed by atoms with van der Waals surface area (Å²) in [5, 5.41) is 23.5. The first kappa shape index (κ1) is 24.5. The molecule has 0 amide bonds. The summed E-state index contributed by atoms with van der Waals surface area (Å²) in [6.45, 7) is 0. The maximum atomic E-state index is 11.9. The number of carboxylic acid groups (broad SMARTS) is 2. The van der Waals surface area contributed by atoms with Gasteiger partial charge in [-0.3, -0.25) is 9.97 Å². The zero-order valence-corrected chi connectivity index (χ0v) is 20.9. The van der Waals surface area contributed by atoms with Crippen molar-refractivity contribution >= 4 is 33.5 Å². The van der Waals surface area contributed by atoms with Crippen molar-refractivity contribution < 1.29 is 19.8 Å². The average Bonchev–Trinajstić information content (AvgIpc) is 3.00. The molecule has 7 heteroatoms. The van der Waals surface area contributed by atoms with Gasteiger partial charge in [0.1, 0.15) is 0 Å². The van der Waals surface area contributed by atoms with Gasteiger partial charge in [0.15, 0.2) is 0 Å². The van der Waals surface area contributed by atoms with E-state index >= 15 is 0 Å². The molecule has 0 atom stereocenters. The normalized spacial score (nSPS) is 10.7. The van der Waals surface area contributed by atoms with Crippen LogP contribution in [0.25, 0.3) is 44.3 Å². The van der Waals surface area contributed by atoms with Crippen LogP contribution in [0, 0.1) is 11.8 Å². The molecule has 0 aliphatic carbocycles. The number of fused-ring (bicyclic) bond motifs is 3. The standard InChI is InChI=1S/C33H19N3O4/c37-32(38)23-12-14-35-29(17-23)31-19-24(33(39)40)18-30(36-31)28-15-20(11-13-34-28)9-10-22-16-21-5-1-2-6-25(21)27-8-4-3-7-26(22)27/h1-8,11-19H,(H,37,38)(H,39,40). The predicted molar refractivity (Wildman–Crippen MR) is 152 cm³/mol. The van der Waals surface area contributed by atoms with E-state index in [4.69, 9.17) is 0 Å². The van der Waals surface area contributed by atoms with Gasteiger partial charge in [-0.15, -0.1) is 0 Å². The molecule has 2 N–H and O–H groups in total. The van der Waals surface area contributed by atoms with Crippen molar-refractivity contribution in [3.8, 4) is 34.6 Å². The van der Waals surface area contributed by atoms with Crippen LogP contribution in [0.15, 0.2) is 103 Å². The monoisotopic (exact) mass is 521 g/mol. The fourth-order valence-corrected chi connectivity index (χ4v) is 4.57. The van der Waals surface area contributed by atoms with Crippen LogP contribution in [0.1, 0.15) is 31.8 Å². The molecule has 0 spiro atoms. The van der Waals surface area contributed by atoms with Crippen LogP contribution in [0.4, 0.5) is 0 Å². The molecule has 0 aliphatic heterocycles. The second-order valence-electron chi connectivity index (χ2n) is 9.04. The van der Waals surface area contributed by atoms with E-state index < -0.39 is 11.9 Å². The van der Waals surface area contributed by atoms with Gasteiger partial charge in [-0.1, -0.05) is 60.4 Å². The number of hydrogen-bond acceptors (Lipinski definition) is 5. The SMILES string of the molecule is O=C(O)c1ccnc(-c2cc(C(=O)O)cc(-c3cc(C#Cc4cc5ccccc5c5ccccc45)ccn3)n2)c1.